The molecule has 0 aromatic heterocycles. The highest BCUT2D eigenvalue weighted by Gasteiger charge is 2.24. The highest BCUT2D eigenvalue weighted by Crippen LogP contribution is 2.19. The molecule has 3 N–H and O–H groups in total. The number of carboxylic acid groups (broad SMARTS) is 1. The molecule has 0 aliphatic rings. The van der Waals surface area contributed by atoms with E-state index >= 15 is 0 Å². The molecule has 0 saturated carbocycles. The molecule has 1 aromatic rings. The monoisotopic (exact) mass is 237 g/mol. The lowest BCUT2D eigenvalue weighted by Gasteiger charge is -2.04. The lowest BCUT2D eigenvalue weighted by molar-refractivity contribution is 0.0685. The minimum atomic E-state index is -4.41. The maximum atomic E-state index is 13.2. The molecule has 1 aromatic carbocycles. The first kappa shape index (κ1) is 11.5. The van der Waals surface area contributed by atoms with Gasteiger partial charge in [0.05, 0.1) is 0 Å². The van der Waals surface area contributed by atoms with Crippen LogP contribution in [0.5, 0.6) is 0 Å². The van der Waals surface area contributed by atoms with E-state index in [1.165, 1.54) is 0 Å². The van der Waals surface area contributed by atoms with Crippen LogP contribution in [-0.4, -0.2) is 19.5 Å². The van der Waals surface area contributed by atoms with Gasteiger partial charge in [0.1, 0.15) is 16.3 Å². The van der Waals surface area contributed by atoms with Crippen molar-refractivity contribution in [2.24, 2.45) is 5.14 Å². The van der Waals surface area contributed by atoms with Crippen molar-refractivity contribution in [1.82, 2.24) is 0 Å². The Kier molecular flexibility index (Phi) is 2.73. The van der Waals surface area contributed by atoms with Crippen molar-refractivity contribution in [3.05, 3.63) is 29.3 Å². The fourth-order valence-corrected chi connectivity index (χ4v) is 1.56. The molecule has 0 amide bonds. The van der Waals surface area contributed by atoms with Gasteiger partial charge in [-0.05, 0) is 12.1 Å². The third kappa shape index (κ3) is 2.10. The zero-order chi connectivity index (χ0) is 11.8. The Morgan fingerprint density at radius 1 is 1.33 bits per heavy atom. The molecule has 5 nitrogen and oxygen atoms in total. The number of sulfonamides is 1. The molecule has 0 spiro atoms. The highest BCUT2D eigenvalue weighted by atomic mass is 32.2. The number of benzene rings is 1. The molecular formula is C7H5F2NO4S. The van der Waals surface area contributed by atoms with E-state index in [9.17, 15) is 22.0 Å². The van der Waals surface area contributed by atoms with E-state index in [1.54, 1.807) is 0 Å². The average molecular weight is 237 g/mol. The minimum absolute atomic E-state index is 0.520. The summed E-state index contributed by atoms with van der Waals surface area (Å²) in [6, 6.07) is 1.08. The highest BCUT2D eigenvalue weighted by molar-refractivity contribution is 7.89. The summed E-state index contributed by atoms with van der Waals surface area (Å²) in [5.74, 6) is -4.98. The number of carboxylic acids is 1. The second kappa shape index (κ2) is 3.55. The number of halogens is 2. The number of primary sulfonamides is 1. The Morgan fingerprint density at radius 2 is 1.87 bits per heavy atom. The van der Waals surface area contributed by atoms with Gasteiger partial charge in [-0.25, -0.2) is 27.1 Å². The SMILES string of the molecule is NS(=O)(=O)c1ccc(F)c(C(=O)O)c1F. The van der Waals surface area contributed by atoms with Crippen LogP contribution in [0.2, 0.25) is 0 Å². The van der Waals surface area contributed by atoms with Crippen LogP contribution in [0.3, 0.4) is 0 Å². The Hall–Kier alpha value is -1.54. The zero-order valence-electron chi connectivity index (χ0n) is 7.07. The Labute approximate surface area is 83.2 Å². The largest absolute Gasteiger partial charge is 0.477 e. The smallest absolute Gasteiger partial charge is 0.341 e. The van der Waals surface area contributed by atoms with Gasteiger partial charge in [-0.3, -0.25) is 0 Å². The van der Waals surface area contributed by atoms with Crippen LogP contribution in [0.1, 0.15) is 10.4 Å². The molecule has 0 aliphatic heterocycles. The summed E-state index contributed by atoms with van der Waals surface area (Å²) in [6.45, 7) is 0. The zero-order valence-corrected chi connectivity index (χ0v) is 7.88. The van der Waals surface area contributed by atoms with Crippen molar-refractivity contribution in [3.63, 3.8) is 0 Å². The van der Waals surface area contributed by atoms with E-state index in [0.717, 1.165) is 0 Å². The van der Waals surface area contributed by atoms with E-state index in [4.69, 9.17) is 5.11 Å². The van der Waals surface area contributed by atoms with Gasteiger partial charge >= 0.3 is 5.97 Å². The number of nitrogens with two attached hydrogens (primary N) is 1. The summed E-state index contributed by atoms with van der Waals surface area (Å²) in [5, 5.41) is 13.0. The second-order valence-corrected chi connectivity index (χ2v) is 4.11. The van der Waals surface area contributed by atoms with Gasteiger partial charge in [0.15, 0.2) is 5.82 Å². The topological polar surface area (TPSA) is 97.5 Å². The summed E-state index contributed by atoms with van der Waals surface area (Å²) in [7, 11) is -4.41. The molecule has 0 radical (unpaired) electrons. The molecular weight excluding hydrogens is 232 g/mol. The average Bonchev–Trinajstić information content (AvgIpc) is 2.00. The Balaban J connectivity index is 3.64. The van der Waals surface area contributed by atoms with Crippen molar-refractivity contribution < 1.29 is 27.1 Å². The lowest BCUT2D eigenvalue weighted by atomic mass is 10.2. The summed E-state index contributed by atoms with van der Waals surface area (Å²) < 4.78 is 47.5. The van der Waals surface area contributed by atoms with Crippen LogP contribution in [0.25, 0.3) is 0 Å². The van der Waals surface area contributed by atoms with Gasteiger partial charge in [-0.2, -0.15) is 0 Å². The quantitative estimate of drug-likeness (QED) is 0.773. The van der Waals surface area contributed by atoms with Crippen molar-refractivity contribution in [2.45, 2.75) is 4.90 Å². The second-order valence-electron chi connectivity index (χ2n) is 2.58. The first-order chi connectivity index (χ1) is 6.75. The van der Waals surface area contributed by atoms with E-state index in [1.807, 2.05) is 0 Å². The molecule has 0 heterocycles. The third-order valence-corrected chi connectivity index (χ3v) is 2.50. The van der Waals surface area contributed by atoms with Crippen LogP contribution in [0.4, 0.5) is 8.78 Å². The van der Waals surface area contributed by atoms with Crippen molar-refractivity contribution in [1.29, 1.82) is 0 Å². The van der Waals surface area contributed by atoms with Crippen LogP contribution >= 0.6 is 0 Å². The molecule has 1 rings (SSSR count). The number of hydrogen-bond donors (Lipinski definition) is 2. The Morgan fingerprint density at radius 3 is 2.27 bits per heavy atom. The van der Waals surface area contributed by atoms with Crippen molar-refractivity contribution in [3.8, 4) is 0 Å². The van der Waals surface area contributed by atoms with Crippen molar-refractivity contribution in [2.75, 3.05) is 0 Å². The number of carbonyl (C=O) groups is 1. The van der Waals surface area contributed by atoms with Gasteiger partial charge in [-0.15, -0.1) is 0 Å². The Bertz CT molecular complexity index is 526. The molecule has 0 saturated heterocycles. The van der Waals surface area contributed by atoms with Crippen LogP contribution in [0, 0.1) is 11.6 Å². The fourth-order valence-electron chi connectivity index (χ4n) is 0.949. The fraction of sp³-hybridized carbons (Fsp3) is 0. The van der Waals surface area contributed by atoms with Gasteiger partial charge in [0.25, 0.3) is 0 Å². The van der Waals surface area contributed by atoms with Gasteiger partial charge in [-0.1, -0.05) is 0 Å². The molecule has 0 atom stereocenters. The van der Waals surface area contributed by atoms with Gasteiger partial charge < -0.3 is 5.11 Å². The van der Waals surface area contributed by atoms with E-state index in [2.05, 4.69) is 5.14 Å². The first-order valence-corrected chi connectivity index (χ1v) is 5.04. The van der Waals surface area contributed by atoms with Crippen molar-refractivity contribution >= 4 is 16.0 Å². The minimum Gasteiger partial charge on any atom is -0.477 e. The summed E-state index contributed by atoms with van der Waals surface area (Å²) >= 11 is 0. The molecule has 82 valence electrons. The maximum Gasteiger partial charge on any atom is 0.341 e. The summed E-state index contributed by atoms with van der Waals surface area (Å²) in [4.78, 5) is 9.35. The summed E-state index contributed by atoms with van der Waals surface area (Å²) in [6.07, 6.45) is 0. The number of hydrogen-bond acceptors (Lipinski definition) is 3. The predicted octanol–water partition coefficient (Wildman–Crippen LogP) is 0.310. The standard InChI is InChI=1S/C7H5F2NO4S/c8-3-1-2-4(15(10,13)14)6(9)5(3)7(11)12/h1-2H,(H,11,12)(H2,10,13,14). The number of rotatable bonds is 2. The molecule has 0 aliphatic carbocycles. The van der Waals surface area contributed by atoms with Gasteiger partial charge in [0, 0.05) is 0 Å². The maximum absolute atomic E-state index is 13.2. The molecule has 8 heteroatoms. The lowest BCUT2D eigenvalue weighted by Crippen LogP contribution is -2.17. The molecule has 15 heavy (non-hydrogen) atoms. The third-order valence-electron chi connectivity index (χ3n) is 1.58. The first-order valence-electron chi connectivity index (χ1n) is 3.49. The normalized spacial score (nSPS) is 11.4. The predicted molar refractivity (Wildman–Crippen MR) is 44.7 cm³/mol. The molecule has 0 bridgehead atoms. The van der Waals surface area contributed by atoms with E-state index in [0.29, 0.717) is 12.1 Å². The number of aromatic carboxylic acids is 1. The van der Waals surface area contributed by atoms with E-state index < -0.39 is 38.1 Å². The van der Waals surface area contributed by atoms with Crippen LogP contribution in [-0.2, 0) is 10.0 Å². The molecule has 0 fully saturated rings. The van der Waals surface area contributed by atoms with Crippen LogP contribution in [0.15, 0.2) is 17.0 Å². The summed E-state index contributed by atoms with van der Waals surface area (Å²) in [5.41, 5.74) is -1.35. The van der Waals surface area contributed by atoms with Crippen LogP contribution < -0.4 is 5.14 Å². The molecule has 0 unspecified atom stereocenters. The van der Waals surface area contributed by atoms with E-state index in [-0.39, 0.29) is 0 Å². The van der Waals surface area contributed by atoms with Gasteiger partial charge in [0.2, 0.25) is 10.0 Å².